The summed E-state index contributed by atoms with van der Waals surface area (Å²) in [5.41, 5.74) is 0. The minimum absolute atomic E-state index is 0.109. The van der Waals surface area contributed by atoms with Crippen molar-refractivity contribution in [3.05, 3.63) is 0 Å². The second-order valence-corrected chi connectivity index (χ2v) is 7.11. The largest absolute Gasteiger partial charge is 0.373 e. The van der Waals surface area contributed by atoms with Gasteiger partial charge in [0.1, 0.15) is 0 Å². The maximum atomic E-state index is 12.4. The number of carbonyl (C=O) groups excluding carboxylic acids is 1. The third kappa shape index (κ3) is 4.64. The normalized spacial score (nSPS) is 25.0. The molecule has 4 nitrogen and oxygen atoms in total. The van der Waals surface area contributed by atoms with E-state index in [2.05, 4.69) is 18.9 Å². The van der Waals surface area contributed by atoms with Crippen LogP contribution in [0.2, 0.25) is 0 Å². The molecule has 116 valence electrons. The number of nitrogens with zero attached hydrogens (tertiary/aromatic N) is 2. The van der Waals surface area contributed by atoms with E-state index in [4.69, 9.17) is 4.74 Å². The molecule has 0 aromatic heterocycles. The molecular formula is C15H28N2O2S. The molecule has 1 aliphatic carbocycles. The summed E-state index contributed by atoms with van der Waals surface area (Å²) in [7, 11) is 2.17. The Hall–Kier alpha value is -0.260. The summed E-state index contributed by atoms with van der Waals surface area (Å²) < 4.78 is 5.84. The average molecular weight is 300 g/mol. The zero-order chi connectivity index (χ0) is 14.5. The van der Waals surface area contributed by atoms with Gasteiger partial charge in [0.25, 0.3) is 0 Å². The second-order valence-electron chi connectivity index (χ2n) is 6.07. The van der Waals surface area contributed by atoms with E-state index < -0.39 is 0 Å². The van der Waals surface area contributed by atoms with E-state index in [1.54, 1.807) is 11.8 Å². The number of carbonyl (C=O) groups is 1. The Balaban J connectivity index is 1.79. The maximum Gasteiger partial charge on any atom is 0.235 e. The van der Waals surface area contributed by atoms with Gasteiger partial charge in [-0.05, 0) is 38.5 Å². The first kappa shape index (κ1) is 16.1. The van der Waals surface area contributed by atoms with E-state index in [9.17, 15) is 4.79 Å². The highest BCUT2D eigenvalue weighted by Gasteiger charge is 2.30. The van der Waals surface area contributed by atoms with Crippen LogP contribution in [0.15, 0.2) is 0 Å². The number of amides is 1. The third-order valence-electron chi connectivity index (χ3n) is 4.16. The van der Waals surface area contributed by atoms with Crippen molar-refractivity contribution in [3.63, 3.8) is 0 Å². The Morgan fingerprint density at radius 2 is 2.20 bits per heavy atom. The molecule has 1 heterocycles. The minimum atomic E-state index is 0.109. The van der Waals surface area contributed by atoms with Crippen molar-refractivity contribution in [3.8, 4) is 0 Å². The van der Waals surface area contributed by atoms with Gasteiger partial charge < -0.3 is 14.5 Å². The first-order valence-electron chi connectivity index (χ1n) is 7.75. The summed E-state index contributed by atoms with van der Waals surface area (Å²) in [5.74, 6) is 1.19. The Labute approximate surface area is 127 Å². The van der Waals surface area contributed by atoms with E-state index in [1.807, 2.05) is 11.2 Å². The van der Waals surface area contributed by atoms with Crippen molar-refractivity contribution >= 4 is 17.7 Å². The fraction of sp³-hybridized carbons (Fsp3) is 0.933. The number of rotatable bonds is 7. The van der Waals surface area contributed by atoms with Crippen LogP contribution in [0.4, 0.5) is 0 Å². The van der Waals surface area contributed by atoms with Gasteiger partial charge in [0.05, 0.1) is 18.0 Å². The quantitative estimate of drug-likeness (QED) is 0.716. The molecule has 0 aromatic carbocycles. The van der Waals surface area contributed by atoms with Crippen LogP contribution >= 0.6 is 11.8 Å². The van der Waals surface area contributed by atoms with Gasteiger partial charge in [-0.15, -0.1) is 0 Å². The van der Waals surface area contributed by atoms with Gasteiger partial charge in [0.15, 0.2) is 0 Å². The molecule has 1 saturated carbocycles. The molecule has 2 fully saturated rings. The average Bonchev–Trinajstić information content (AvgIpc) is 3.24. The van der Waals surface area contributed by atoms with Crippen molar-refractivity contribution in [1.82, 2.24) is 9.80 Å². The van der Waals surface area contributed by atoms with E-state index in [1.165, 1.54) is 19.4 Å². The first-order chi connectivity index (χ1) is 9.63. The highest BCUT2D eigenvalue weighted by Crippen LogP contribution is 2.29. The molecule has 0 spiro atoms. The fourth-order valence-corrected chi connectivity index (χ4v) is 3.52. The zero-order valence-electron chi connectivity index (χ0n) is 13.0. The molecule has 0 N–H and O–H groups in total. The standard InChI is InChI=1S/C15H28N2O2S/c1-4-14(20-3)15(18)17-7-8-19-13(11-17)10-16(2)9-12-5-6-12/h12-14H,4-11H2,1-3H3/t13-,14+/m0/s1. The lowest BCUT2D eigenvalue weighted by atomic mass is 10.2. The molecule has 1 amide bonds. The molecule has 0 unspecified atom stereocenters. The summed E-state index contributed by atoms with van der Waals surface area (Å²) >= 11 is 1.66. The van der Waals surface area contributed by atoms with Gasteiger partial charge in [-0.2, -0.15) is 11.8 Å². The number of morpholine rings is 1. The van der Waals surface area contributed by atoms with E-state index in [-0.39, 0.29) is 17.3 Å². The molecule has 1 saturated heterocycles. The van der Waals surface area contributed by atoms with Gasteiger partial charge in [-0.1, -0.05) is 6.92 Å². The Kier molecular flexibility index (Phi) is 6.18. The van der Waals surface area contributed by atoms with Crippen molar-refractivity contribution in [2.75, 3.05) is 46.1 Å². The molecule has 2 aliphatic rings. The number of likely N-dealkylation sites (N-methyl/N-ethyl adjacent to an activating group) is 1. The summed E-state index contributed by atoms with van der Waals surface area (Å²) in [6.07, 6.45) is 5.87. The minimum Gasteiger partial charge on any atom is -0.373 e. The Bertz CT molecular complexity index is 319. The summed E-state index contributed by atoms with van der Waals surface area (Å²) in [4.78, 5) is 16.8. The molecule has 5 heteroatoms. The molecule has 0 radical (unpaired) electrons. The van der Waals surface area contributed by atoms with Crippen molar-refractivity contribution in [2.24, 2.45) is 5.92 Å². The van der Waals surface area contributed by atoms with Gasteiger partial charge in [0.2, 0.25) is 5.91 Å². The third-order valence-corrected chi connectivity index (χ3v) is 5.27. The predicted octanol–water partition coefficient (Wildman–Crippen LogP) is 1.70. The number of hydrogen-bond acceptors (Lipinski definition) is 4. The van der Waals surface area contributed by atoms with Gasteiger partial charge in [-0.3, -0.25) is 4.79 Å². The number of ether oxygens (including phenoxy) is 1. The fourth-order valence-electron chi connectivity index (χ4n) is 2.84. The molecule has 0 aromatic rings. The van der Waals surface area contributed by atoms with Crippen LogP contribution in [-0.2, 0) is 9.53 Å². The molecule has 2 atom stereocenters. The van der Waals surface area contributed by atoms with Gasteiger partial charge in [-0.25, -0.2) is 0 Å². The Morgan fingerprint density at radius 1 is 1.45 bits per heavy atom. The molecule has 2 rings (SSSR count). The zero-order valence-corrected chi connectivity index (χ0v) is 13.8. The smallest absolute Gasteiger partial charge is 0.235 e. The molecular weight excluding hydrogens is 272 g/mol. The van der Waals surface area contributed by atoms with Crippen molar-refractivity contribution in [2.45, 2.75) is 37.5 Å². The van der Waals surface area contributed by atoms with Crippen molar-refractivity contribution in [1.29, 1.82) is 0 Å². The maximum absolute atomic E-state index is 12.4. The topological polar surface area (TPSA) is 32.8 Å². The Morgan fingerprint density at radius 3 is 2.80 bits per heavy atom. The van der Waals surface area contributed by atoms with E-state index in [0.717, 1.165) is 32.0 Å². The summed E-state index contributed by atoms with van der Waals surface area (Å²) in [6.45, 7) is 6.38. The van der Waals surface area contributed by atoms with Crippen molar-refractivity contribution < 1.29 is 9.53 Å². The number of thioether (sulfide) groups is 1. The lowest BCUT2D eigenvalue weighted by molar-refractivity contribution is -0.138. The van der Waals surface area contributed by atoms with Crippen LogP contribution in [0.3, 0.4) is 0 Å². The highest BCUT2D eigenvalue weighted by molar-refractivity contribution is 7.99. The van der Waals surface area contributed by atoms with Crippen LogP contribution in [0.25, 0.3) is 0 Å². The van der Waals surface area contributed by atoms with Crippen LogP contribution in [0, 0.1) is 5.92 Å². The predicted molar refractivity (Wildman–Crippen MR) is 84.1 cm³/mol. The lowest BCUT2D eigenvalue weighted by Crippen LogP contribution is -2.51. The highest BCUT2D eigenvalue weighted by atomic mass is 32.2. The van der Waals surface area contributed by atoms with Crippen LogP contribution < -0.4 is 0 Å². The van der Waals surface area contributed by atoms with Gasteiger partial charge in [0, 0.05) is 26.2 Å². The molecule has 20 heavy (non-hydrogen) atoms. The number of hydrogen-bond donors (Lipinski definition) is 0. The second kappa shape index (κ2) is 7.66. The van der Waals surface area contributed by atoms with E-state index >= 15 is 0 Å². The summed E-state index contributed by atoms with van der Waals surface area (Å²) in [6, 6.07) is 0. The van der Waals surface area contributed by atoms with Crippen LogP contribution in [-0.4, -0.2) is 73.2 Å². The lowest BCUT2D eigenvalue weighted by Gasteiger charge is -2.36. The molecule has 1 aliphatic heterocycles. The van der Waals surface area contributed by atoms with Crippen LogP contribution in [0.1, 0.15) is 26.2 Å². The molecule has 0 bridgehead atoms. The summed E-state index contributed by atoms with van der Waals surface area (Å²) in [5, 5.41) is 0.109. The first-order valence-corrected chi connectivity index (χ1v) is 9.04. The SMILES string of the molecule is CC[C@@H](SC)C(=O)N1CCO[C@@H](CN(C)CC2CC2)C1. The van der Waals surface area contributed by atoms with Gasteiger partial charge >= 0.3 is 0 Å². The monoisotopic (exact) mass is 300 g/mol. The van der Waals surface area contributed by atoms with E-state index in [0.29, 0.717) is 6.61 Å². The van der Waals surface area contributed by atoms with Crippen LogP contribution in [0.5, 0.6) is 0 Å².